The van der Waals surface area contributed by atoms with Gasteiger partial charge in [0.25, 0.3) is 5.91 Å². The lowest BCUT2D eigenvalue weighted by Gasteiger charge is -2.31. The first-order valence-corrected chi connectivity index (χ1v) is 14.9. The highest BCUT2D eigenvalue weighted by Crippen LogP contribution is 2.33. The van der Waals surface area contributed by atoms with Gasteiger partial charge >= 0.3 is 5.97 Å². The van der Waals surface area contributed by atoms with Crippen LogP contribution in [0.15, 0.2) is 103 Å². The fourth-order valence-electron chi connectivity index (χ4n) is 6.36. The second-order valence-electron chi connectivity index (χ2n) is 11.7. The van der Waals surface area contributed by atoms with Crippen LogP contribution in [-0.2, 0) is 11.3 Å². The largest absolute Gasteiger partial charge is 0.481 e. The van der Waals surface area contributed by atoms with E-state index in [0.29, 0.717) is 24.9 Å². The molecule has 1 fully saturated rings. The van der Waals surface area contributed by atoms with E-state index in [9.17, 15) is 19.1 Å². The molecule has 6 heteroatoms. The van der Waals surface area contributed by atoms with E-state index in [0.717, 1.165) is 46.0 Å². The summed E-state index contributed by atoms with van der Waals surface area (Å²) in [6, 6.07) is 30.9. The van der Waals surface area contributed by atoms with Crippen molar-refractivity contribution in [3.8, 4) is 22.3 Å². The molecule has 1 amide bonds. The molecule has 5 aromatic rings. The van der Waals surface area contributed by atoms with Gasteiger partial charge in [-0.2, -0.15) is 0 Å². The summed E-state index contributed by atoms with van der Waals surface area (Å²) < 4.78 is 15.8. The van der Waals surface area contributed by atoms with Crippen LogP contribution in [0.3, 0.4) is 0 Å². The maximum absolute atomic E-state index is 13.9. The Morgan fingerprint density at radius 2 is 1.47 bits per heavy atom. The fraction of sp³-hybridized carbons (Fsp3) is 0.243. The molecular formula is C37H35FN2O3. The Kier molecular flexibility index (Phi) is 8.10. The minimum absolute atomic E-state index is 0.0966. The molecule has 43 heavy (non-hydrogen) atoms. The summed E-state index contributed by atoms with van der Waals surface area (Å²) in [5.41, 5.74) is 6.52. The summed E-state index contributed by atoms with van der Waals surface area (Å²) in [5, 5.41) is 13.5. The van der Waals surface area contributed by atoms with Crippen molar-refractivity contribution in [3.63, 3.8) is 0 Å². The highest BCUT2D eigenvalue weighted by atomic mass is 19.1. The topological polar surface area (TPSA) is 71.3 Å². The predicted octanol–water partition coefficient (Wildman–Crippen LogP) is 8.17. The van der Waals surface area contributed by atoms with E-state index < -0.39 is 5.97 Å². The Bertz CT molecular complexity index is 1740. The quantitative estimate of drug-likeness (QED) is 0.196. The maximum Gasteiger partial charge on any atom is 0.306 e. The second kappa shape index (κ2) is 12.3. The smallest absolute Gasteiger partial charge is 0.306 e. The molecule has 1 aliphatic carbocycles. The third kappa shape index (κ3) is 6.24. The van der Waals surface area contributed by atoms with Crippen LogP contribution < -0.4 is 5.32 Å². The molecule has 0 spiro atoms. The lowest BCUT2D eigenvalue weighted by Crippen LogP contribution is -2.40. The van der Waals surface area contributed by atoms with Crippen molar-refractivity contribution in [1.82, 2.24) is 9.88 Å². The van der Waals surface area contributed by atoms with Crippen LogP contribution in [0.4, 0.5) is 4.39 Å². The summed E-state index contributed by atoms with van der Waals surface area (Å²) in [6.07, 6.45) is 4.84. The molecular weight excluding hydrogens is 539 g/mol. The molecule has 1 atom stereocenters. The lowest BCUT2D eigenvalue weighted by atomic mass is 9.79. The van der Waals surface area contributed by atoms with Crippen LogP contribution in [-0.4, -0.2) is 27.6 Å². The van der Waals surface area contributed by atoms with E-state index in [4.69, 9.17) is 0 Å². The summed E-state index contributed by atoms with van der Waals surface area (Å²) in [4.78, 5) is 25.4. The molecule has 0 unspecified atom stereocenters. The molecule has 5 nitrogen and oxygen atoms in total. The number of nitrogens with zero attached hydrogens (tertiary/aromatic N) is 1. The summed E-state index contributed by atoms with van der Waals surface area (Å²) in [7, 11) is 0. The van der Waals surface area contributed by atoms with Crippen molar-refractivity contribution in [2.24, 2.45) is 11.8 Å². The minimum Gasteiger partial charge on any atom is -0.481 e. The molecule has 1 aliphatic rings. The standard InChI is InChI=1S/C37H35FN2O3/c1-24(26-11-13-30(14-12-26)37(42)43)39-36(41)34-22-32(29-15-17-33(38)18-16-29)21-31-19-20-40(35(31)34)23-25-7-9-28(10-8-25)27-5-3-2-4-6-27/h2-10,15-22,24,26,30H,11-14,23H2,1H3,(H,39,41)(H,42,43)/t24-,26?,30?/m0/s1. The molecule has 2 N–H and O–H groups in total. The number of nitrogens with one attached hydrogen (secondary N) is 1. The Balaban J connectivity index is 1.31. The van der Waals surface area contributed by atoms with Crippen molar-refractivity contribution in [3.05, 3.63) is 120 Å². The van der Waals surface area contributed by atoms with Gasteiger partial charge in [0.1, 0.15) is 5.82 Å². The van der Waals surface area contributed by atoms with Crippen LogP contribution in [0.25, 0.3) is 33.2 Å². The minimum atomic E-state index is -0.731. The number of rotatable bonds is 8. The fourth-order valence-corrected chi connectivity index (χ4v) is 6.36. The Labute approximate surface area is 251 Å². The zero-order chi connectivity index (χ0) is 29.9. The van der Waals surface area contributed by atoms with Gasteiger partial charge in [-0.1, -0.05) is 66.7 Å². The number of hydrogen-bond donors (Lipinski definition) is 2. The van der Waals surface area contributed by atoms with E-state index in [1.54, 1.807) is 12.1 Å². The van der Waals surface area contributed by atoms with Gasteiger partial charge < -0.3 is 15.0 Å². The van der Waals surface area contributed by atoms with Gasteiger partial charge in [0.05, 0.1) is 17.0 Å². The molecule has 6 rings (SSSR count). The van der Waals surface area contributed by atoms with E-state index >= 15 is 0 Å². The third-order valence-electron chi connectivity index (χ3n) is 8.88. The summed E-state index contributed by atoms with van der Waals surface area (Å²) in [6.45, 7) is 2.61. The Hall–Kier alpha value is -4.71. The van der Waals surface area contributed by atoms with Crippen molar-refractivity contribution in [2.75, 3.05) is 0 Å². The monoisotopic (exact) mass is 574 g/mol. The normalized spacial score (nSPS) is 17.4. The van der Waals surface area contributed by atoms with Gasteiger partial charge in [0.2, 0.25) is 0 Å². The van der Waals surface area contributed by atoms with Gasteiger partial charge in [-0.3, -0.25) is 9.59 Å². The van der Waals surface area contributed by atoms with Gasteiger partial charge in [-0.15, -0.1) is 0 Å². The first kappa shape index (κ1) is 28.4. The molecule has 218 valence electrons. The molecule has 0 bridgehead atoms. The summed E-state index contributed by atoms with van der Waals surface area (Å²) in [5.74, 6) is -1.27. The van der Waals surface area contributed by atoms with E-state index in [-0.39, 0.29) is 29.6 Å². The van der Waals surface area contributed by atoms with Gasteiger partial charge in [-0.05, 0) is 96.7 Å². The number of carbonyl (C=O) groups excluding carboxylic acids is 1. The maximum atomic E-state index is 13.9. The van der Waals surface area contributed by atoms with Gasteiger partial charge in [-0.25, -0.2) is 4.39 Å². The lowest BCUT2D eigenvalue weighted by molar-refractivity contribution is -0.143. The average Bonchev–Trinajstić information content (AvgIpc) is 3.44. The number of aliphatic carboxylic acids is 1. The number of amides is 1. The number of halogens is 1. The first-order valence-electron chi connectivity index (χ1n) is 14.9. The van der Waals surface area contributed by atoms with Crippen LogP contribution >= 0.6 is 0 Å². The van der Waals surface area contributed by atoms with Crippen LogP contribution in [0.2, 0.25) is 0 Å². The number of benzene rings is 4. The SMILES string of the molecule is C[C@H](NC(=O)c1cc(-c2ccc(F)cc2)cc2ccn(Cc3ccc(-c4ccccc4)cc3)c12)C1CCC(C(=O)O)CC1. The summed E-state index contributed by atoms with van der Waals surface area (Å²) >= 11 is 0. The van der Waals surface area contributed by atoms with Gasteiger partial charge in [0.15, 0.2) is 0 Å². The van der Waals surface area contributed by atoms with Crippen molar-refractivity contribution >= 4 is 22.8 Å². The molecule has 1 heterocycles. The molecule has 0 saturated heterocycles. The second-order valence-corrected chi connectivity index (χ2v) is 11.7. The number of fused-ring (bicyclic) bond motifs is 1. The Morgan fingerprint density at radius 1 is 0.837 bits per heavy atom. The Morgan fingerprint density at radius 3 is 2.14 bits per heavy atom. The highest BCUT2D eigenvalue weighted by molar-refractivity contribution is 6.08. The van der Waals surface area contributed by atoms with E-state index in [2.05, 4.69) is 46.3 Å². The van der Waals surface area contributed by atoms with Crippen LogP contribution in [0.5, 0.6) is 0 Å². The number of hydrogen-bond acceptors (Lipinski definition) is 2. The van der Waals surface area contributed by atoms with Crippen molar-refractivity contribution < 1.29 is 19.1 Å². The molecule has 1 saturated carbocycles. The van der Waals surface area contributed by atoms with Gasteiger partial charge in [0, 0.05) is 24.2 Å². The molecule has 0 aliphatic heterocycles. The van der Waals surface area contributed by atoms with Crippen LogP contribution in [0.1, 0.15) is 48.5 Å². The average molecular weight is 575 g/mol. The molecule has 1 aromatic heterocycles. The molecule has 0 radical (unpaired) electrons. The number of carboxylic acids is 1. The van der Waals surface area contributed by atoms with Crippen molar-refractivity contribution in [2.45, 2.75) is 45.2 Å². The van der Waals surface area contributed by atoms with E-state index in [1.165, 1.54) is 17.7 Å². The first-order chi connectivity index (χ1) is 20.9. The predicted molar refractivity (Wildman–Crippen MR) is 168 cm³/mol. The zero-order valence-electron chi connectivity index (χ0n) is 24.2. The number of carbonyl (C=O) groups is 2. The molecule has 4 aromatic carbocycles. The number of carboxylic acid groups (broad SMARTS) is 1. The van der Waals surface area contributed by atoms with E-state index in [1.807, 2.05) is 49.5 Å². The number of aromatic nitrogens is 1. The van der Waals surface area contributed by atoms with Crippen molar-refractivity contribution in [1.29, 1.82) is 0 Å². The zero-order valence-corrected chi connectivity index (χ0v) is 24.2. The highest BCUT2D eigenvalue weighted by Gasteiger charge is 2.30. The van der Waals surface area contributed by atoms with Crippen LogP contribution in [0, 0.1) is 17.7 Å². The third-order valence-corrected chi connectivity index (χ3v) is 8.88.